The molecule has 1 amide bonds. The molecule has 1 aromatic carbocycles. The van der Waals surface area contributed by atoms with Gasteiger partial charge in [-0.15, -0.1) is 0 Å². The highest BCUT2D eigenvalue weighted by molar-refractivity contribution is 8.00. The standard InChI is InChI=1S/C15H22N2OS/c1-15(2)6-7-17(8-9-19-15)14(18)11-12-4-3-5-13(16)10-12/h3-5,10H,6-9,11,16H2,1-2H3. The van der Waals surface area contributed by atoms with E-state index in [-0.39, 0.29) is 10.7 Å². The van der Waals surface area contributed by atoms with Crippen molar-refractivity contribution in [1.82, 2.24) is 4.90 Å². The number of carbonyl (C=O) groups excluding carboxylic acids is 1. The van der Waals surface area contributed by atoms with E-state index in [1.165, 1.54) is 0 Å². The maximum atomic E-state index is 12.3. The third kappa shape index (κ3) is 4.16. The highest BCUT2D eigenvalue weighted by Crippen LogP contribution is 2.30. The number of hydrogen-bond donors (Lipinski definition) is 1. The molecular formula is C15H22N2OS. The minimum absolute atomic E-state index is 0.212. The number of amides is 1. The molecule has 1 aromatic rings. The molecule has 3 nitrogen and oxygen atoms in total. The fourth-order valence-corrected chi connectivity index (χ4v) is 3.36. The average Bonchev–Trinajstić information content (AvgIpc) is 2.50. The minimum Gasteiger partial charge on any atom is -0.399 e. The zero-order valence-corrected chi connectivity index (χ0v) is 12.5. The number of rotatable bonds is 2. The molecule has 1 aliphatic heterocycles. The van der Waals surface area contributed by atoms with Crippen LogP contribution in [0.3, 0.4) is 0 Å². The summed E-state index contributed by atoms with van der Waals surface area (Å²) in [5.74, 6) is 1.24. The van der Waals surface area contributed by atoms with Crippen molar-refractivity contribution < 1.29 is 4.79 Å². The monoisotopic (exact) mass is 278 g/mol. The Balaban J connectivity index is 1.96. The number of carbonyl (C=O) groups is 1. The molecule has 19 heavy (non-hydrogen) atoms. The molecule has 1 saturated heterocycles. The topological polar surface area (TPSA) is 46.3 Å². The third-order valence-electron chi connectivity index (χ3n) is 3.50. The molecule has 1 fully saturated rings. The van der Waals surface area contributed by atoms with Gasteiger partial charge in [0.05, 0.1) is 6.42 Å². The first kappa shape index (κ1) is 14.3. The van der Waals surface area contributed by atoms with Crippen molar-refractivity contribution in [3.05, 3.63) is 29.8 Å². The summed E-state index contributed by atoms with van der Waals surface area (Å²) in [6.07, 6.45) is 1.51. The van der Waals surface area contributed by atoms with Crippen LogP contribution in [0.4, 0.5) is 5.69 Å². The maximum Gasteiger partial charge on any atom is 0.227 e. The van der Waals surface area contributed by atoms with Crippen LogP contribution in [0.2, 0.25) is 0 Å². The number of nitrogens with two attached hydrogens (primary N) is 1. The number of hydrogen-bond acceptors (Lipinski definition) is 3. The number of anilines is 1. The van der Waals surface area contributed by atoms with Gasteiger partial charge in [0.25, 0.3) is 0 Å². The van der Waals surface area contributed by atoms with Crippen molar-refractivity contribution in [3.63, 3.8) is 0 Å². The molecule has 2 rings (SSSR count). The van der Waals surface area contributed by atoms with Crippen LogP contribution >= 0.6 is 11.8 Å². The summed E-state index contributed by atoms with van der Waals surface area (Å²) >= 11 is 1.96. The van der Waals surface area contributed by atoms with E-state index in [1.807, 2.05) is 40.9 Å². The third-order valence-corrected chi connectivity index (χ3v) is 4.87. The summed E-state index contributed by atoms with van der Waals surface area (Å²) < 4.78 is 0.284. The van der Waals surface area contributed by atoms with Crippen LogP contribution in [-0.2, 0) is 11.2 Å². The Morgan fingerprint density at radius 3 is 2.95 bits per heavy atom. The lowest BCUT2D eigenvalue weighted by Gasteiger charge is -2.22. The molecule has 104 valence electrons. The van der Waals surface area contributed by atoms with Crippen molar-refractivity contribution >= 4 is 23.4 Å². The van der Waals surface area contributed by atoms with Gasteiger partial charge in [0.1, 0.15) is 0 Å². The van der Waals surface area contributed by atoms with Crippen molar-refractivity contribution in [2.45, 2.75) is 31.4 Å². The van der Waals surface area contributed by atoms with Gasteiger partial charge in [0.2, 0.25) is 5.91 Å². The Hall–Kier alpha value is -1.16. The average molecular weight is 278 g/mol. The molecule has 0 radical (unpaired) electrons. The number of thioether (sulfide) groups is 1. The minimum atomic E-state index is 0.212. The Kier molecular flexibility index (Phi) is 4.40. The van der Waals surface area contributed by atoms with Gasteiger partial charge < -0.3 is 10.6 Å². The smallest absolute Gasteiger partial charge is 0.227 e. The molecule has 0 saturated carbocycles. The number of benzene rings is 1. The second-order valence-corrected chi connectivity index (χ2v) is 7.46. The Bertz CT molecular complexity index is 459. The van der Waals surface area contributed by atoms with Crippen LogP contribution < -0.4 is 5.73 Å². The Morgan fingerprint density at radius 1 is 1.42 bits per heavy atom. The summed E-state index contributed by atoms with van der Waals surface area (Å²) in [5, 5.41) is 0. The van der Waals surface area contributed by atoms with Crippen LogP contribution in [0.15, 0.2) is 24.3 Å². The first-order valence-electron chi connectivity index (χ1n) is 6.72. The summed E-state index contributed by atoms with van der Waals surface area (Å²) in [5.41, 5.74) is 7.47. The summed E-state index contributed by atoms with van der Waals surface area (Å²) in [4.78, 5) is 14.3. The van der Waals surface area contributed by atoms with E-state index in [0.29, 0.717) is 6.42 Å². The van der Waals surface area contributed by atoms with Gasteiger partial charge in [-0.05, 0) is 24.1 Å². The van der Waals surface area contributed by atoms with E-state index < -0.39 is 0 Å². The lowest BCUT2D eigenvalue weighted by molar-refractivity contribution is -0.130. The van der Waals surface area contributed by atoms with Crippen molar-refractivity contribution in [2.75, 3.05) is 24.6 Å². The zero-order valence-electron chi connectivity index (χ0n) is 11.7. The molecule has 0 unspecified atom stereocenters. The number of nitrogen functional groups attached to an aromatic ring is 1. The van der Waals surface area contributed by atoms with E-state index in [9.17, 15) is 4.79 Å². The van der Waals surface area contributed by atoms with Gasteiger partial charge in [0.15, 0.2) is 0 Å². The second-order valence-electron chi connectivity index (χ2n) is 5.66. The quantitative estimate of drug-likeness (QED) is 0.846. The zero-order chi connectivity index (χ0) is 13.9. The van der Waals surface area contributed by atoms with Gasteiger partial charge in [-0.3, -0.25) is 4.79 Å². The molecule has 1 heterocycles. The van der Waals surface area contributed by atoms with Gasteiger partial charge in [0, 0.05) is 29.3 Å². The fraction of sp³-hybridized carbons (Fsp3) is 0.533. The van der Waals surface area contributed by atoms with Crippen LogP contribution in [0, 0.1) is 0 Å². The summed E-state index contributed by atoms with van der Waals surface area (Å²) in [6, 6.07) is 7.59. The van der Waals surface area contributed by atoms with E-state index in [1.54, 1.807) is 0 Å². The van der Waals surface area contributed by atoms with Gasteiger partial charge in [-0.1, -0.05) is 26.0 Å². The molecule has 1 aliphatic rings. The molecule has 0 bridgehead atoms. The second kappa shape index (κ2) is 5.87. The lowest BCUT2D eigenvalue weighted by Crippen LogP contribution is -2.34. The predicted octanol–water partition coefficient (Wildman–Crippen LogP) is 2.56. The first-order valence-corrected chi connectivity index (χ1v) is 7.71. The van der Waals surface area contributed by atoms with Gasteiger partial charge in [-0.2, -0.15) is 11.8 Å². The molecule has 0 aromatic heterocycles. The van der Waals surface area contributed by atoms with Gasteiger partial charge >= 0.3 is 0 Å². The van der Waals surface area contributed by atoms with Gasteiger partial charge in [-0.25, -0.2) is 0 Å². The Labute approximate surface area is 119 Å². The largest absolute Gasteiger partial charge is 0.399 e. The predicted molar refractivity (Wildman–Crippen MR) is 82.3 cm³/mol. The van der Waals surface area contributed by atoms with Crippen molar-refractivity contribution in [3.8, 4) is 0 Å². The highest BCUT2D eigenvalue weighted by atomic mass is 32.2. The molecule has 0 spiro atoms. The number of nitrogens with zero attached hydrogens (tertiary/aromatic N) is 1. The Morgan fingerprint density at radius 2 is 2.21 bits per heavy atom. The van der Waals surface area contributed by atoms with Crippen LogP contribution in [0.5, 0.6) is 0 Å². The van der Waals surface area contributed by atoms with Crippen LogP contribution in [-0.4, -0.2) is 34.4 Å². The fourth-order valence-electron chi connectivity index (χ4n) is 2.26. The summed E-state index contributed by atoms with van der Waals surface area (Å²) in [7, 11) is 0. The SMILES string of the molecule is CC1(C)CCN(C(=O)Cc2cccc(N)c2)CCS1. The summed E-state index contributed by atoms with van der Waals surface area (Å²) in [6.45, 7) is 6.23. The van der Waals surface area contributed by atoms with E-state index in [0.717, 1.165) is 36.5 Å². The molecule has 2 N–H and O–H groups in total. The van der Waals surface area contributed by atoms with E-state index in [4.69, 9.17) is 5.73 Å². The maximum absolute atomic E-state index is 12.3. The van der Waals surface area contributed by atoms with E-state index >= 15 is 0 Å². The molecule has 0 atom stereocenters. The van der Waals surface area contributed by atoms with Crippen LogP contribution in [0.25, 0.3) is 0 Å². The van der Waals surface area contributed by atoms with Crippen LogP contribution in [0.1, 0.15) is 25.8 Å². The molecular weight excluding hydrogens is 256 g/mol. The van der Waals surface area contributed by atoms with E-state index in [2.05, 4.69) is 13.8 Å². The van der Waals surface area contributed by atoms with Crippen molar-refractivity contribution in [1.29, 1.82) is 0 Å². The normalized spacial score (nSPS) is 18.9. The highest BCUT2D eigenvalue weighted by Gasteiger charge is 2.25. The first-order chi connectivity index (χ1) is 8.96. The molecule has 4 heteroatoms. The van der Waals surface area contributed by atoms with Crippen molar-refractivity contribution in [2.24, 2.45) is 0 Å². The lowest BCUT2D eigenvalue weighted by atomic mass is 10.1. The molecule has 0 aliphatic carbocycles.